The fourth-order valence-corrected chi connectivity index (χ4v) is 14.4. The van der Waals surface area contributed by atoms with Gasteiger partial charge in [-0.3, -0.25) is 19.2 Å². The number of aliphatic hydroxyl groups is 11. The fraction of sp³-hybridized carbons (Fsp3) is 0.778. The summed E-state index contributed by atoms with van der Waals surface area (Å²) in [4.78, 5) is 78.9. The number of carboxylic acids is 1. The average Bonchev–Trinajstić information content (AvgIpc) is 0.797. The van der Waals surface area contributed by atoms with E-state index in [2.05, 4.69) is 0 Å². The van der Waals surface area contributed by atoms with E-state index in [9.17, 15) is 90.0 Å². The van der Waals surface area contributed by atoms with Gasteiger partial charge >= 0.3 is 35.8 Å². The topological polar surface area (TPSA) is 502 Å². The lowest BCUT2D eigenvalue weighted by Crippen LogP contribution is -2.65. The molecule has 116 heavy (non-hydrogen) atoms. The van der Waals surface area contributed by atoms with Crippen LogP contribution in [0.1, 0.15) is 148 Å². The van der Waals surface area contributed by atoms with Gasteiger partial charge in [-0.1, -0.05) is 109 Å². The van der Waals surface area contributed by atoms with Gasteiger partial charge < -0.3 is 142 Å². The molecule has 6 aliphatic rings. The van der Waals surface area contributed by atoms with Gasteiger partial charge in [0, 0.05) is 43.4 Å². The molecule has 0 aliphatic carbocycles. The van der Waals surface area contributed by atoms with Crippen LogP contribution in [0.4, 0.5) is 0 Å². The molecule has 6 fully saturated rings. The third-order valence-electron chi connectivity index (χ3n) is 22.1. The first kappa shape index (κ1) is 97.5. The molecule has 660 valence electrons. The van der Waals surface area contributed by atoms with Crippen LogP contribution in [-0.2, 0) is 123 Å². The van der Waals surface area contributed by atoms with Gasteiger partial charge in [0.15, 0.2) is 37.4 Å². The summed E-state index contributed by atoms with van der Waals surface area (Å²) in [5.74, 6) is -12.4. The predicted octanol–water partition coefficient (Wildman–Crippen LogP) is 2.23. The van der Waals surface area contributed by atoms with Crippen LogP contribution in [0.3, 0.4) is 0 Å². The maximum atomic E-state index is 13.9. The number of hydrogen-bond donors (Lipinski definition) is 12. The number of methoxy groups -OCH3 is 1. The quantitative estimate of drug-likeness (QED) is 0.0394. The van der Waals surface area contributed by atoms with Gasteiger partial charge in [-0.15, -0.1) is 0 Å². The molecular formula is C81H126O35. The van der Waals surface area contributed by atoms with Gasteiger partial charge in [-0.05, 0) is 91.7 Å². The van der Waals surface area contributed by atoms with Gasteiger partial charge in [-0.2, -0.15) is 0 Å². The summed E-state index contributed by atoms with van der Waals surface area (Å²) >= 11 is 0. The van der Waals surface area contributed by atoms with Crippen molar-refractivity contribution >= 4 is 35.8 Å². The largest absolute Gasteiger partial charge is 0.477 e. The molecule has 35 nitrogen and oxygen atoms in total. The number of ether oxygens (including phenoxy) is 17. The van der Waals surface area contributed by atoms with Crippen LogP contribution < -0.4 is 0 Å². The molecule has 8 rings (SSSR count). The monoisotopic (exact) mass is 1660 g/mol. The van der Waals surface area contributed by atoms with Crippen molar-refractivity contribution in [3.8, 4) is 0 Å². The van der Waals surface area contributed by atoms with Gasteiger partial charge in [-0.25, -0.2) is 9.59 Å². The highest BCUT2D eigenvalue weighted by atomic mass is 16.8. The first-order valence-corrected chi connectivity index (χ1v) is 39.5. The van der Waals surface area contributed by atoms with Crippen molar-refractivity contribution in [1.82, 2.24) is 0 Å². The Morgan fingerprint density at radius 3 is 1.52 bits per heavy atom. The molecule has 6 heterocycles. The standard InChI is InChI=1S/C52H82O17.C29H44O18/c1-18-35(63-33(7)53)30(4)39-29(3)28(2)24-52(69-39,48(58)59-17)62-27-36-38(54)31(5)41(67-46(56)50(11,12)13)44(64-36)66-40-32(6)42(68-47(57)51(14,15)16)43(60-25-34-22-20-19-21-23-34)65-37(40)26-61-45(55)49(8,9)10;1-12-14(32)7-29(28(40)41,47-24(12)18(34)15(33)8-30)43-11-17-19(35)20(36)22(38)27(45-17)46-25-16(9-31)44-26(23(39)21(25)37)42-10-13-5-3-2-4-6-13/h19-23,28-32,35-44,54H,18,24-27H2,1-17H3;2-6,12,14-27,30-39H,7-11H2,1H3,(H,40,41)/t28-,29-,30-,31+,32+,35-,36?,37?,38-,39?,40+,41?,42?,43-,44+,52-;12-,14-,15-,16?,17?,18-,19+,20+,21-,22?,23?,24?,25-,26-,27+,29-/m11/s1. The molecular weight excluding hydrogens is 1530 g/mol. The molecule has 0 saturated carbocycles. The molecule has 6 saturated heterocycles. The van der Waals surface area contributed by atoms with E-state index in [1.165, 1.54) is 21.0 Å². The summed E-state index contributed by atoms with van der Waals surface area (Å²) in [6, 6.07) is 18.2. The number of rotatable bonds is 30. The number of carbonyl (C=O) groups is 6. The number of carboxylic acid groups (broad SMARTS) is 1. The van der Waals surface area contributed by atoms with E-state index in [1.54, 1.807) is 106 Å². The third-order valence-corrected chi connectivity index (χ3v) is 22.1. The van der Waals surface area contributed by atoms with Gasteiger partial charge in [0.05, 0.1) is 93.5 Å². The smallest absolute Gasteiger partial charge is 0.366 e. The highest BCUT2D eigenvalue weighted by Crippen LogP contribution is 2.45. The second-order valence-electron chi connectivity index (χ2n) is 34.3. The molecule has 2 aromatic rings. The number of aliphatic hydroxyl groups excluding tert-OH is 11. The van der Waals surface area contributed by atoms with Crippen LogP contribution in [0.2, 0.25) is 0 Å². The van der Waals surface area contributed by atoms with Crippen molar-refractivity contribution in [2.75, 3.05) is 40.1 Å². The Kier molecular flexibility index (Phi) is 35.1. The maximum absolute atomic E-state index is 13.9. The normalized spacial score (nSPS) is 36.9. The van der Waals surface area contributed by atoms with Gasteiger partial charge in [0.25, 0.3) is 11.6 Å². The number of aliphatic carboxylic acids is 1. The van der Waals surface area contributed by atoms with Crippen LogP contribution in [0.15, 0.2) is 60.7 Å². The molecule has 32 atom stereocenters. The van der Waals surface area contributed by atoms with Crippen LogP contribution in [-0.4, -0.2) is 296 Å². The Bertz CT molecular complexity index is 3420. The molecule has 10 unspecified atom stereocenters. The van der Waals surface area contributed by atoms with Gasteiger partial charge in [0.2, 0.25) is 0 Å². The lowest BCUT2D eigenvalue weighted by molar-refractivity contribution is -0.368. The molecule has 0 bridgehead atoms. The van der Waals surface area contributed by atoms with E-state index in [0.717, 1.165) is 11.1 Å². The second-order valence-corrected chi connectivity index (χ2v) is 34.3. The minimum atomic E-state index is -2.67. The van der Waals surface area contributed by atoms with Crippen LogP contribution >= 0.6 is 0 Å². The molecule has 0 aromatic heterocycles. The van der Waals surface area contributed by atoms with Crippen molar-refractivity contribution in [3.63, 3.8) is 0 Å². The summed E-state index contributed by atoms with van der Waals surface area (Å²) < 4.78 is 102. The lowest BCUT2D eigenvalue weighted by Gasteiger charge is -2.50. The molecule has 0 radical (unpaired) electrons. The highest BCUT2D eigenvalue weighted by Gasteiger charge is 2.60. The summed E-state index contributed by atoms with van der Waals surface area (Å²) in [5.41, 5.74) is -1.21. The molecule has 6 aliphatic heterocycles. The Morgan fingerprint density at radius 2 is 1.01 bits per heavy atom. The number of carbonyl (C=O) groups excluding carboxylic acids is 5. The fourth-order valence-electron chi connectivity index (χ4n) is 14.4. The third kappa shape index (κ3) is 24.2. The van der Waals surface area contributed by atoms with Gasteiger partial charge in [0.1, 0.15) is 86.0 Å². The van der Waals surface area contributed by atoms with Crippen LogP contribution in [0.5, 0.6) is 0 Å². The minimum absolute atomic E-state index is 0.00557. The van der Waals surface area contributed by atoms with Crippen molar-refractivity contribution < 1.29 is 171 Å². The number of esters is 5. The predicted molar refractivity (Wildman–Crippen MR) is 401 cm³/mol. The number of benzene rings is 2. The summed E-state index contributed by atoms with van der Waals surface area (Å²) in [5, 5.41) is 125. The Labute approximate surface area is 676 Å². The van der Waals surface area contributed by atoms with E-state index in [1.807, 2.05) is 58.0 Å². The molecule has 12 N–H and O–H groups in total. The van der Waals surface area contributed by atoms with Crippen LogP contribution in [0, 0.1) is 51.8 Å². The van der Waals surface area contributed by atoms with Crippen molar-refractivity contribution in [2.45, 2.75) is 309 Å². The zero-order chi connectivity index (χ0) is 86.6. The van der Waals surface area contributed by atoms with Crippen LogP contribution in [0.25, 0.3) is 0 Å². The van der Waals surface area contributed by atoms with E-state index in [-0.39, 0.29) is 44.0 Å². The van der Waals surface area contributed by atoms with E-state index < -0.39 is 261 Å². The Hall–Kier alpha value is -5.66. The van der Waals surface area contributed by atoms with E-state index >= 15 is 0 Å². The molecule has 0 spiro atoms. The van der Waals surface area contributed by atoms with Crippen molar-refractivity contribution in [3.05, 3.63) is 71.8 Å². The average molecular weight is 1660 g/mol. The zero-order valence-corrected chi connectivity index (χ0v) is 69.4. The lowest BCUT2D eigenvalue weighted by atomic mass is 9.76. The SMILES string of the molecule is CC[C@@H](OC(C)=O)[C@@H](C)C1O[C@@](OCC2O[C@@H](O[C@@H]3C(COC(=O)C(C)(C)C)O[C@@H](OCc4ccccc4)C(OC(=O)C(C)(C)C)[C@H]3C)C(OC(=O)C(C)(C)C)[C@@H](C)[C@H]2O)(C(=O)OC)C[C@@H](C)[C@H]1C.C[C@H]1C([C@H](O)[C@H](O)CO)O[C@@](OCC2O[C@@H](O[C@@H]3C(CO)O[C@@H](OCc4ccccc4)C(O)[C@H]3O)C(O)[C@@H](O)[C@H]2O)(C(=O)O)C[C@H]1O. The Balaban J connectivity index is 0.000000344. The first-order valence-electron chi connectivity index (χ1n) is 39.5. The molecule has 35 heteroatoms. The van der Waals surface area contributed by atoms with Crippen molar-refractivity contribution in [1.29, 1.82) is 0 Å². The highest BCUT2D eigenvalue weighted by molar-refractivity contribution is 5.78. The minimum Gasteiger partial charge on any atom is -0.477 e. The number of hydrogen-bond acceptors (Lipinski definition) is 34. The summed E-state index contributed by atoms with van der Waals surface area (Å²) in [7, 11) is 1.23. The van der Waals surface area contributed by atoms with E-state index in [4.69, 9.17) is 80.5 Å². The van der Waals surface area contributed by atoms with E-state index in [0.29, 0.717) is 6.42 Å². The summed E-state index contributed by atoms with van der Waals surface area (Å²) in [6.45, 7) is 26.2. The second kappa shape index (κ2) is 41.7. The zero-order valence-electron chi connectivity index (χ0n) is 69.4. The summed E-state index contributed by atoms with van der Waals surface area (Å²) in [6.07, 6.45) is -34.5. The molecule has 2 aromatic carbocycles. The molecule has 0 amide bonds. The van der Waals surface area contributed by atoms with Crippen molar-refractivity contribution in [2.24, 2.45) is 51.8 Å². The maximum Gasteiger partial charge on any atom is 0.366 e. The first-order chi connectivity index (χ1) is 54.2. The Morgan fingerprint density at radius 1 is 0.526 bits per heavy atom.